The summed E-state index contributed by atoms with van der Waals surface area (Å²) >= 11 is 0. The number of hydrogen-bond donors (Lipinski definition) is 2. The Labute approximate surface area is 180 Å². The zero-order valence-corrected chi connectivity index (χ0v) is 17.9. The Balaban J connectivity index is 1.54. The molecule has 0 bridgehead atoms. The van der Waals surface area contributed by atoms with E-state index in [1.165, 1.54) is 49.8 Å². The molecule has 158 valence electrons. The normalized spacial score (nSPS) is 18.9. The van der Waals surface area contributed by atoms with E-state index in [4.69, 9.17) is 20.4 Å². The number of aryl methyl sites for hydroxylation is 2. The molecule has 0 aliphatic heterocycles. The standard InChI is InChI=1S/C24H26N6O/c1-11-19(12(2)31-29-11)16-9-17(22-18(10-16)26-24(27-22)15-7-8-15)20-21(13-3-4-13)28-30(25)23(20)14-5-6-14/h9-10,13-15H,3-8,25H2,1-2H3,(H,26,27). The molecule has 0 unspecified atom stereocenters. The monoisotopic (exact) mass is 414 g/mol. The van der Waals surface area contributed by atoms with Crippen LogP contribution >= 0.6 is 0 Å². The Hall–Kier alpha value is -3.09. The van der Waals surface area contributed by atoms with Crippen molar-refractivity contribution in [3.63, 3.8) is 0 Å². The molecule has 3 aliphatic carbocycles. The molecule has 3 aliphatic rings. The quantitative estimate of drug-likeness (QED) is 0.446. The SMILES string of the molecule is Cc1noc(C)c1-c1cc(-c2c(C3CC3)nn(N)c2C2CC2)c2nc(C3CC3)[nH]c2c1. The Morgan fingerprint density at radius 2 is 1.74 bits per heavy atom. The maximum absolute atomic E-state index is 6.43. The predicted molar refractivity (Wildman–Crippen MR) is 118 cm³/mol. The first kappa shape index (κ1) is 17.6. The molecule has 7 rings (SSSR count). The van der Waals surface area contributed by atoms with E-state index in [9.17, 15) is 0 Å². The van der Waals surface area contributed by atoms with Crippen molar-refractivity contribution in [1.82, 2.24) is 25.0 Å². The summed E-state index contributed by atoms with van der Waals surface area (Å²) in [6, 6.07) is 4.46. The number of fused-ring (bicyclic) bond motifs is 1. The largest absolute Gasteiger partial charge is 0.361 e. The van der Waals surface area contributed by atoms with Gasteiger partial charge in [0, 0.05) is 34.4 Å². The number of aromatic nitrogens is 5. The van der Waals surface area contributed by atoms with Crippen molar-refractivity contribution < 1.29 is 4.52 Å². The van der Waals surface area contributed by atoms with Crippen LogP contribution in [0, 0.1) is 13.8 Å². The molecule has 0 radical (unpaired) electrons. The first-order valence-corrected chi connectivity index (χ1v) is 11.4. The fourth-order valence-electron chi connectivity index (χ4n) is 5.05. The minimum Gasteiger partial charge on any atom is -0.361 e. The second kappa shape index (κ2) is 5.99. The third-order valence-corrected chi connectivity index (χ3v) is 7.06. The first-order chi connectivity index (χ1) is 15.1. The third-order valence-electron chi connectivity index (χ3n) is 7.06. The number of rotatable bonds is 5. The highest BCUT2D eigenvalue weighted by molar-refractivity contribution is 5.98. The summed E-state index contributed by atoms with van der Waals surface area (Å²) in [5.74, 6) is 9.94. The lowest BCUT2D eigenvalue weighted by molar-refractivity contribution is 0.393. The maximum atomic E-state index is 6.43. The number of imidazole rings is 1. The second-order valence-corrected chi connectivity index (χ2v) is 9.65. The van der Waals surface area contributed by atoms with Crippen molar-refractivity contribution in [1.29, 1.82) is 0 Å². The van der Waals surface area contributed by atoms with E-state index in [-0.39, 0.29) is 0 Å². The molecule has 31 heavy (non-hydrogen) atoms. The molecule has 0 atom stereocenters. The molecule has 3 fully saturated rings. The smallest absolute Gasteiger partial charge is 0.141 e. The average Bonchev–Trinajstić information content (AvgIpc) is 3.63. The lowest BCUT2D eigenvalue weighted by Crippen LogP contribution is -2.13. The Morgan fingerprint density at radius 1 is 1.00 bits per heavy atom. The lowest BCUT2D eigenvalue weighted by Gasteiger charge is -2.10. The molecule has 0 saturated heterocycles. The topological polar surface area (TPSA) is 98.6 Å². The molecular formula is C24H26N6O. The number of nitrogens with zero attached hydrogens (tertiary/aromatic N) is 4. The Kier molecular flexibility index (Phi) is 3.40. The van der Waals surface area contributed by atoms with E-state index in [0.717, 1.165) is 50.7 Å². The molecule has 3 N–H and O–H groups in total. The van der Waals surface area contributed by atoms with Gasteiger partial charge in [-0.15, -0.1) is 0 Å². The van der Waals surface area contributed by atoms with Gasteiger partial charge >= 0.3 is 0 Å². The summed E-state index contributed by atoms with van der Waals surface area (Å²) in [7, 11) is 0. The van der Waals surface area contributed by atoms with Crippen molar-refractivity contribution in [2.24, 2.45) is 0 Å². The van der Waals surface area contributed by atoms with Gasteiger partial charge in [0.25, 0.3) is 0 Å². The zero-order chi connectivity index (χ0) is 20.9. The number of H-pyrrole nitrogens is 1. The van der Waals surface area contributed by atoms with Crippen LogP contribution < -0.4 is 5.84 Å². The van der Waals surface area contributed by atoms with Crippen LogP contribution in [-0.2, 0) is 0 Å². The van der Waals surface area contributed by atoms with E-state index in [2.05, 4.69) is 22.3 Å². The number of nitrogens with one attached hydrogen (secondary N) is 1. The predicted octanol–water partition coefficient (Wildman–Crippen LogP) is 5.04. The fourth-order valence-corrected chi connectivity index (χ4v) is 5.05. The van der Waals surface area contributed by atoms with Crippen molar-refractivity contribution in [3.05, 3.63) is 40.8 Å². The molecule has 7 nitrogen and oxygen atoms in total. The van der Waals surface area contributed by atoms with Crippen molar-refractivity contribution in [2.45, 2.75) is 70.1 Å². The van der Waals surface area contributed by atoms with Crippen molar-refractivity contribution in [2.75, 3.05) is 5.84 Å². The van der Waals surface area contributed by atoms with Crippen LogP contribution in [0.2, 0.25) is 0 Å². The molecule has 4 aromatic rings. The minimum absolute atomic E-state index is 0.500. The van der Waals surface area contributed by atoms with Crippen LogP contribution in [0.3, 0.4) is 0 Å². The number of aromatic amines is 1. The molecule has 3 aromatic heterocycles. The molecule has 0 spiro atoms. The van der Waals surface area contributed by atoms with Crippen LogP contribution in [0.4, 0.5) is 0 Å². The molecule has 3 heterocycles. The fraction of sp³-hybridized carbons (Fsp3) is 0.458. The van der Waals surface area contributed by atoms with E-state index in [1.807, 2.05) is 13.8 Å². The summed E-state index contributed by atoms with van der Waals surface area (Å²) in [4.78, 5) is 10.4. The van der Waals surface area contributed by atoms with Gasteiger partial charge in [0.2, 0.25) is 0 Å². The van der Waals surface area contributed by atoms with Gasteiger partial charge in [0.15, 0.2) is 0 Å². The van der Waals surface area contributed by atoms with Gasteiger partial charge in [-0.2, -0.15) is 9.89 Å². The van der Waals surface area contributed by atoms with Gasteiger partial charge in [0.05, 0.1) is 28.1 Å². The summed E-state index contributed by atoms with van der Waals surface area (Å²) in [6.07, 6.45) is 7.17. The molecule has 0 amide bonds. The van der Waals surface area contributed by atoms with E-state index >= 15 is 0 Å². The van der Waals surface area contributed by atoms with Gasteiger partial charge in [-0.3, -0.25) is 0 Å². The van der Waals surface area contributed by atoms with Crippen molar-refractivity contribution in [3.8, 4) is 22.3 Å². The third kappa shape index (κ3) is 2.68. The highest BCUT2D eigenvalue weighted by Gasteiger charge is 2.38. The summed E-state index contributed by atoms with van der Waals surface area (Å²) < 4.78 is 5.50. The van der Waals surface area contributed by atoms with Crippen LogP contribution in [-0.4, -0.2) is 25.0 Å². The second-order valence-electron chi connectivity index (χ2n) is 9.65. The number of nitrogen functional groups attached to an aromatic ring is 1. The highest BCUT2D eigenvalue weighted by Crippen LogP contribution is 2.52. The van der Waals surface area contributed by atoms with E-state index in [0.29, 0.717) is 17.8 Å². The average molecular weight is 415 g/mol. The minimum atomic E-state index is 0.500. The maximum Gasteiger partial charge on any atom is 0.141 e. The number of hydrogen-bond acceptors (Lipinski definition) is 5. The summed E-state index contributed by atoms with van der Waals surface area (Å²) in [5.41, 5.74) is 9.88. The van der Waals surface area contributed by atoms with Crippen LogP contribution in [0.1, 0.15) is 84.9 Å². The van der Waals surface area contributed by atoms with Crippen LogP contribution in [0.5, 0.6) is 0 Å². The summed E-state index contributed by atoms with van der Waals surface area (Å²) in [6.45, 7) is 3.98. The van der Waals surface area contributed by atoms with Crippen LogP contribution in [0.15, 0.2) is 16.7 Å². The molecular weight excluding hydrogens is 388 g/mol. The number of benzene rings is 1. The van der Waals surface area contributed by atoms with Gasteiger partial charge in [-0.05, 0) is 70.1 Å². The van der Waals surface area contributed by atoms with Gasteiger partial charge in [0.1, 0.15) is 11.6 Å². The van der Waals surface area contributed by atoms with Gasteiger partial charge in [-0.25, -0.2) is 4.98 Å². The lowest BCUT2D eigenvalue weighted by atomic mass is 9.93. The highest BCUT2D eigenvalue weighted by atomic mass is 16.5. The number of nitrogens with two attached hydrogens (primary N) is 1. The van der Waals surface area contributed by atoms with Gasteiger partial charge < -0.3 is 15.3 Å². The molecule has 1 aromatic carbocycles. The Morgan fingerprint density at radius 3 is 2.39 bits per heavy atom. The summed E-state index contributed by atoms with van der Waals surface area (Å²) in [5, 5.41) is 9.02. The van der Waals surface area contributed by atoms with E-state index in [1.54, 1.807) is 4.79 Å². The van der Waals surface area contributed by atoms with E-state index < -0.39 is 0 Å². The van der Waals surface area contributed by atoms with Crippen molar-refractivity contribution >= 4 is 11.0 Å². The zero-order valence-electron chi connectivity index (χ0n) is 17.9. The van der Waals surface area contributed by atoms with Gasteiger partial charge in [-0.1, -0.05) is 5.16 Å². The van der Waals surface area contributed by atoms with Crippen LogP contribution in [0.25, 0.3) is 33.3 Å². The molecule has 3 saturated carbocycles. The first-order valence-electron chi connectivity index (χ1n) is 11.4. The Bertz CT molecular complexity index is 1330. The molecule has 7 heteroatoms.